The number of nitrogens with one attached hydrogen (secondary N) is 1. The van der Waals surface area contributed by atoms with Gasteiger partial charge in [-0.3, -0.25) is 14.4 Å². The second kappa shape index (κ2) is 14.0. The second-order valence-electron chi connectivity index (χ2n) is 12.6. The van der Waals surface area contributed by atoms with Gasteiger partial charge in [-0.05, 0) is 80.5 Å². The molecule has 3 aliphatic rings. The van der Waals surface area contributed by atoms with E-state index in [1.807, 2.05) is 34.5 Å². The van der Waals surface area contributed by atoms with Crippen molar-refractivity contribution >= 4 is 68.1 Å². The number of carbonyl (C=O) groups excluding carboxylic acids is 2. The van der Waals surface area contributed by atoms with Gasteiger partial charge in [-0.2, -0.15) is 0 Å². The van der Waals surface area contributed by atoms with Crippen LogP contribution >= 0.6 is 34.5 Å². The summed E-state index contributed by atoms with van der Waals surface area (Å²) in [4.78, 5) is 40.2. The molecule has 8 nitrogen and oxygen atoms in total. The Morgan fingerprint density at radius 1 is 1.00 bits per heavy atom. The molecular formula is C34H38Cl2N2O6S. The topological polar surface area (TPSA) is 105 Å². The van der Waals surface area contributed by atoms with E-state index in [2.05, 4.69) is 5.32 Å². The first-order valence-electron chi connectivity index (χ1n) is 15.6. The fourth-order valence-electron chi connectivity index (χ4n) is 7.09. The zero-order valence-corrected chi connectivity index (χ0v) is 27.5. The third-order valence-corrected chi connectivity index (χ3v) is 11.5. The maximum atomic E-state index is 13.8. The summed E-state index contributed by atoms with van der Waals surface area (Å²) in [5, 5.41) is 15.6. The van der Waals surface area contributed by atoms with E-state index in [0.717, 1.165) is 42.2 Å². The van der Waals surface area contributed by atoms with E-state index in [4.69, 9.17) is 32.7 Å². The minimum atomic E-state index is -0.732. The number of thiophene rings is 1. The van der Waals surface area contributed by atoms with Crippen LogP contribution in [0.25, 0.3) is 10.1 Å². The number of anilines is 1. The Labute approximate surface area is 277 Å². The molecule has 11 heteroatoms. The molecule has 3 fully saturated rings. The van der Waals surface area contributed by atoms with Crippen LogP contribution < -0.4 is 5.32 Å². The first-order chi connectivity index (χ1) is 21.7. The van der Waals surface area contributed by atoms with Gasteiger partial charge in [-0.25, -0.2) is 0 Å². The fraction of sp³-hybridized carbons (Fsp3) is 0.500. The summed E-state index contributed by atoms with van der Waals surface area (Å²) >= 11 is 14.8. The lowest BCUT2D eigenvalue weighted by Gasteiger charge is -2.38. The number of carbonyl (C=O) groups is 3. The van der Waals surface area contributed by atoms with Crippen LogP contribution in [-0.2, 0) is 25.5 Å². The summed E-state index contributed by atoms with van der Waals surface area (Å²) < 4.78 is 12.8. The molecule has 2 aromatic carbocycles. The van der Waals surface area contributed by atoms with Crippen molar-refractivity contribution in [2.75, 3.05) is 25.6 Å². The number of carboxylic acids is 1. The van der Waals surface area contributed by atoms with E-state index in [1.165, 1.54) is 11.3 Å². The summed E-state index contributed by atoms with van der Waals surface area (Å²) in [7, 11) is 1.75. The highest BCUT2D eigenvalue weighted by Crippen LogP contribution is 2.42. The highest BCUT2D eigenvalue weighted by atomic mass is 35.5. The quantitative estimate of drug-likeness (QED) is 0.234. The van der Waals surface area contributed by atoms with Crippen LogP contribution in [0.4, 0.5) is 5.69 Å². The van der Waals surface area contributed by atoms with Crippen LogP contribution in [0, 0.1) is 17.8 Å². The Morgan fingerprint density at radius 2 is 1.76 bits per heavy atom. The maximum absolute atomic E-state index is 13.8. The number of methoxy groups -OCH3 is 1. The Kier molecular flexibility index (Phi) is 10.0. The van der Waals surface area contributed by atoms with Gasteiger partial charge in [-0.15, -0.1) is 11.3 Å². The van der Waals surface area contributed by atoms with Crippen molar-refractivity contribution in [1.82, 2.24) is 4.90 Å². The number of hydrogen-bond acceptors (Lipinski definition) is 6. The molecule has 2 atom stereocenters. The van der Waals surface area contributed by atoms with E-state index in [1.54, 1.807) is 19.2 Å². The van der Waals surface area contributed by atoms with Gasteiger partial charge in [0.2, 0.25) is 5.91 Å². The molecule has 0 spiro atoms. The Morgan fingerprint density at radius 3 is 2.49 bits per heavy atom. The molecule has 6 rings (SSSR count). The molecule has 1 saturated heterocycles. The number of hydrogen-bond donors (Lipinski definition) is 2. The van der Waals surface area contributed by atoms with Gasteiger partial charge in [0.25, 0.3) is 5.91 Å². The number of aliphatic carboxylic acids is 1. The van der Waals surface area contributed by atoms with Crippen LogP contribution in [0.5, 0.6) is 0 Å². The first-order valence-corrected chi connectivity index (χ1v) is 17.3. The van der Waals surface area contributed by atoms with E-state index < -0.39 is 5.97 Å². The predicted octanol–water partition coefficient (Wildman–Crippen LogP) is 7.31. The van der Waals surface area contributed by atoms with Gasteiger partial charge in [-0.1, -0.05) is 41.4 Å². The molecule has 2 saturated carbocycles. The fourth-order valence-corrected chi connectivity index (χ4v) is 8.50. The Bertz CT molecular complexity index is 1570. The average Bonchev–Trinajstić information content (AvgIpc) is 3.63. The van der Waals surface area contributed by atoms with Crippen molar-refractivity contribution in [3.63, 3.8) is 0 Å². The molecule has 0 bridgehead atoms. The van der Waals surface area contributed by atoms with Gasteiger partial charge in [0.05, 0.1) is 53.5 Å². The van der Waals surface area contributed by atoms with Crippen LogP contribution in [0.3, 0.4) is 0 Å². The number of rotatable bonds is 10. The average molecular weight is 674 g/mol. The Hall–Kier alpha value is -2.69. The third-order valence-electron chi connectivity index (χ3n) is 9.90. The van der Waals surface area contributed by atoms with Crippen molar-refractivity contribution in [3.8, 4) is 0 Å². The van der Waals surface area contributed by atoms with Gasteiger partial charge < -0.3 is 24.8 Å². The lowest BCUT2D eigenvalue weighted by atomic mass is 9.73. The summed E-state index contributed by atoms with van der Waals surface area (Å²) in [6.45, 7) is 1.09. The highest BCUT2D eigenvalue weighted by molar-refractivity contribution is 7.17. The third kappa shape index (κ3) is 7.18. The van der Waals surface area contributed by atoms with Gasteiger partial charge in [0, 0.05) is 34.1 Å². The van der Waals surface area contributed by atoms with E-state index >= 15 is 0 Å². The first kappa shape index (κ1) is 32.3. The molecule has 2 heterocycles. The second-order valence-corrected chi connectivity index (χ2v) is 14.4. The van der Waals surface area contributed by atoms with Crippen LogP contribution in [0.15, 0.2) is 41.8 Å². The number of halogens is 2. The van der Waals surface area contributed by atoms with Crippen LogP contribution in [0.1, 0.15) is 60.9 Å². The molecule has 2 N–H and O–H groups in total. The number of fused-ring (bicyclic) bond motifs is 1. The lowest BCUT2D eigenvalue weighted by molar-refractivity contribution is -0.144. The number of benzene rings is 2. The largest absolute Gasteiger partial charge is 0.481 e. The maximum Gasteiger partial charge on any atom is 0.306 e. The van der Waals surface area contributed by atoms with Crippen molar-refractivity contribution in [2.24, 2.45) is 17.8 Å². The summed E-state index contributed by atoms with van der Waals surface area (Å²) in [5.74, 6) is -0.447. The van der Waals surface area contributed by atoms with E-state index in [0.29, 0.717) is 64.7 Å². The van der Waals surface area contributed by atoms with Gasteiger partial charge in [0.1, 0.15) is 0 Å². The van der Waals surface area contributed by atoms with Crippen LogP contribution in [-0.4, -0.2) is 66.3 Å². The SMILES string of the molecule is COC1CC([C@H]2C[C@@H](COC3CCC(C(=O)O)CC3)N(C(=O)Cc3cc(Cl)c(NC(=O)c4csc5ccccc45)cc3Cl)C2)C1. The number of amides is 2. The number of carboxylic acid groups (broad SMARTS) is 1. The highest BCUT2D eigenvalue weighted by Gasteiger charge is 2.44. The smallest absolute Gasteiger partial charge is 0.306 e. The number of ether oxygens (including phenoxy) is 2. The molecular weight excluding hydrogens is 635 g/mol. The molecule has 45 heavy (non-hydrogen) atoms. The number of likely N-dealkylation sites (tertiary alicyclic amines) is 1. The van der Waals surface area contributed by atoms with Gasteiger partial charge >= 0.3 is 5.97 Å². The molecule has 240 valence electrons. The van der Waals surface area contributed by atoms with Gasteiger partial charge in [0.15, 0.2) is 0 Å². The minimum absolute atomic E-state index is 0.0150. The van der Waals surface area contributed by atoms with E-state index in [-0.39, 0.29) is 42.4 Å². The van der Waals surface area contributed by atoms with Crippen LogP contribution in [0.2, 0.25) is 10.0 Å². The summed E-state index contributed by atoms with van der Waals surface area (Å²) in [6.07, 6.45) is 5.95. The normalized spacial score (nSPS) is 26.5. The zero-order chi connectivity index (χ0) is 31.7. The molecule has 1 aromatic heterocycles. The molecule has 1 aliphatic heterocycles. The predicted molar refractivity (Wildman–Crippen MR) is 176 cm³/mol. The molecule has 0 unspecified atom stereocenters. The van der Waals surface area contributed by atoms with Crippen molar-refractivity contribution < 1.29 is 29.0 Å². The van der Waals surface area contributed by atoms with E-state index in [9.17, 15) is 19.5 Å². The van der Waals surface area contributed by atoms with Crippen molar-refractivity contribution in [1.29, 1.82) is 0 Å². The zero-order valence-electron chi connectivity index (χ0n) is 25.2. The van der Waals surface area contributed by atoms with Crippen molar-refractivity contribution in [2.45, 2.75) is 69.6 Å². The molecule has 2 aliphatic carbocycles. The minimum Gasteiger partial charge on any atom is -0.481 e. The summed E-state index contributed by atoms with van der Waals surface area (Å²) in [5.41, 5.74) is 1.56. The lowest BCUT2D eigenvalue weighted by Crippen LogP contribution is -2.41. The molecule has 2 amide bonds. The molecule has 3 aromatic rings. The molecule has 0 radical (unpaired) electrons. The van der Waals surface area contributed by atoms with Crippen molar-refractivity contribution in [3.05, 3.63) is 63.0 Å². The monoisotopic (exact) mass is 672 g/mol. The Balaban J connectivity index is 1.11. The standard InChI is InChI=1S/C34H38Cl2N2O6S/c1-43-25-11-20(12-25)22-10-23(17-44-24-8-6-19(7-9-24)34(41)42)38(16-22)32(39)14-21-13-29(36)30(15-28(21)35)37-33(40)27-18-45-31-5-3-2-4-26(27)31/h2-5,13,15,18-20,22-25H,6-12,14,16-17H2,1H3,(H,37,40)(H,41,42)/t19?,20?,22-,23-,24?,25?/m0/s1. The summed E-state index contributed by atoms with van der Waals surface area (Å²) in [6, 6.07) is 10.9. The number of nitrogens with zero attached hydrogens (tertiary/aromatic N) is 1.